The fourth-order valence-electron chi connectivity index (χ4n) is 1.55. The first-order valence-electron chi connectivity index (χ1n) is 5.53. The van der Waals surface area contributed by atoms with Gasteiger partial charge < -0.3 is 14.8 Å². The minimum atomic E-state index is -0.884. The SMILES string of the molecule is O=C(NC[C@@H](O)c1ccco1)c1cccc(Br)c1Cl. The van der Waals surface area contributed by atoms with Crippen LogP contribution in [0.2, 0.25) is 5.02 Å². The van der Waals surface area contributed by atoms with Crippen molar-refractivity contribution < 1.29 is 14.3 Å². The zero-order valence-electron chi connectivity index (χ0n) is 9.77. The van der Waals surface area contributed by atoms with Crippen molar-refractivity contribution in [1.82, 2.24) is 5.32 Å². The number of furan rings is 1. The summed E-state index contributed by atoms with van der Waals surface area (Å²) in [6, 6.07) is 8.39. The van der Waals surface area contributed by atoms with Crippen LogP contribution in [0, 0.1) is 0 Å². The van der Waals surface area contributed by atoms with Crippen LogP contribution < -0.4 is 5.32 Å². The standard InChI is InChI=1S/C13H11BrClNO3/c14-9-4-1-3-8(12(9)15)13(18)16-7-10(17)11-5-2-6-19-11/h1-6,10,17H,7H2,(H,16,18)/t10-/m1/s1. The predicted octanol–water partition coefficient (Wildman–Crippen LogP) is 3.16. The van der Waals surface area contributed by atoms with Crippen molar-refractivity contribution in [3.8, 4) is 0 Å². The minimum absolute atomic E-state index is 0.0508. The number of aliphatic hydroxyl groups excluding tert-OH is 1. The molecule has 0 unspecified atom stereocenters. The van der Waals surface area contributed by atoms with Gasteiger partial charge >= 0.3 is 0 Å². The van der Waals surface area contributed by atoms with E-state index in [4.69, 9.17) is 16.0 Å². The van der Waals surface area contributed by atoms with Gasteiger partial charge in [0.05, 0.1) is 23.4 Å². The van der Waals surface area contributed by atoms with Crippen molar-refractivity contribution in [2.75, 3.05) is 6.54 Å². The molecule has 2 aromatic rings. The Hall–Kier alpha value is -1.30. The van der Waals surface area contributed by atoms with Crippen LogP contribution in [0.3, 0.4) is 0 Å². The van der Waals surface area contributed by atoms with E-state index in [1.807, 2.05) is 0 Å². The highest BCUT2D eigenvalue weighted by Crippen LogP contribution is 2.25. The lowest BCUT2D eigenvalue weighted by atomic mass is 10.2. The molecule has 1 heterocycles. The summed E-state index contributed by atoms with van der Waals surface area (Å²) < 4.78 is 5.69. The number of benzene rings is 1. The van der Waals surface area contributed by atoms with Crippen molar-refractivity contribution in [2.24, 2.45) is 0 Å². The molecule has 4 nitrogen and oxygen atoms in total. The second-order valence-electron chi connectivity index (χ2n) is 3.84. The lowest BCUT2D eigenvalue weighted by molar-refractivity contribution is 0.0901. The molecular formula is C13H11BrClNO3. The van der Waals surface area contributed by atoms with E-state index in [2.05, 4.69) is 21.2 Å². The lowest BCUT2D eigenvalue weighted by Gasteiger charge is -2.10. The number of amides is 1. The van der Waals surface area contributed by atoms with Crippen LogP contribution in [-0.2, 0) is 0 Å². The van der Waals surface area contributed by atoms with E-state index in [-0.39, 0.29) is 12.5 Å². The second-order valence-corrected chi connectivity index (χ2v) is 5.07. The number of halogens is 2. The minimum Gasteiger partial charge on any atom is -0.467 e. The maximum atomic E-state index is 11.9. The van der Waals surface area contributed by atoms with Crippen molar-refractivity contribution in [3.63, 3.8) is 0 Å². The first kappa shape index (κ1) is 14.1. The molecule has 0 bridgehead atoms. The molecule has 0 aliphatic carbocycles. The van der Waals surface area contributed by atoms with Crippen LogP contribution in [0.1, 0.15) is 22.2 Å². The zero-order chi connectivity index (χ0) is 13.8. The topological polar surface area (TPSA) is 62.5 Å². The van der Waals surface area contributed by atoms with Crippen molar-refractivity contribution in [1.29, 1.82) is 0 Å². The average Bonchev–Trinajstić information content (AvgIpc) is 2.93. The third-order valence-corrected chi connectivity index (χ3v) is 3.82. The van der Waals surface area contributed by atoms with E-state index in [9.17, 15) is 9.90 Å². The Labute approximate surface area is 123 Å². The molecule has 1 aromatic carbocycles. The summed E-state index contributed by atoms with van der Waals surface area (Å²) in [5.74, 6) is 0.0533. The van der Waals surface area contributed by atoms with E-state index < -0.39 is 6.10 Å². The molecule has 0 saturated heterocycles. The van der Waals surface area contributed by atoms with Crippen LogP contribution >= 0.6 is 27.5 Å². The van der Waals surface area contributed by atoms with Crippen molar-refractivity contribution in [2.45, 2.75) is 6.10 Å². The summed E-state index contributed by atoms with van der Waals surface area (Å²) in [6.45, 7) is 0.0508. The summed E-state index contributed by atoms with van der Waals surface area (Å²) in [6.07, 6.45) is 0.579. The molecule has 1 amide bonds. The van der Waals surface area contributed by atoms with Gasteiger partial charge in [-0.3, -0.25) is 4.79 Å². The highest BCUT2D eigenvalue weighted by molar-refractivity contribution is 9.10. The Morgan fingerprint density at radius 1 is 1.42 bits per heavy atom. The van der Waals surface area contributed by atoms with E-state index in [1.165, 1.54) is 6.26 Å². The van der Waals surface area contributed by atoms with Gasteiger partial charge in [-0.05, 0) is 40.2 Å². The fourth-order valence-corrected chi connectivity index (χ4v) is 2.12. The molecule has 0 saturated carbocycles. The third kappa shape index (κ3) is 3.37. The van der Waals surface area contributed by atoms with Gasteiger partial charge in [0.2, 0.25) is 0 Å². The first-order valence-corrected chi connectivity index (χ1v) is 6.70. The molecule has 0 fully saturated rings. The molecule has 2 N–H and O–H groups in total. The number of aliphatic hydroxyl groups is 1. The molecule has 0 spiro atoms. The van der Waals surface area contributed by atoms with E-state index in [0.717, 1.165) is 0 Å². The lowest BCUT2D eigenvalue weighted by Crippen LogP contribution is -2.28. The van der Waals surface area contributed by atoms with Crippen LogP contribution in [0.15, 0.2) is 45.5 Å². The summed E-state index contributed by atoms with van der Waals surface area (Å²) in [4.78, 5) is 11.9. The Balaban J connectivity index is 2.00. The van der Waals surface area contributed by atoms with Crippen LogP contribution in [0.5, 0.6) is 0 Å². The summed E-state index contributed by atoms with van der Waals surface area (Å²) in [5.41, 5.74) is 0.350. The average molecular weight is 345 g/mol. The number of carbonyl (C=O) groups is 1. The Morgan fingerprint density at radius 3 is 2.89 bits per heavy atom. The molecule has 100 valence electrons. The number of hydrogen-bond acceptors (Lipinski definition) is 3. The van der Waals surface area contributed by atoms with E-state index >= 15 is 0 Å². The number of nitrogens with one attached hydrogen (secondary N) is 1. The Bertz CT molecular complexity index is 571. The third-order valence-electron chi connectivity index (χ3n) is 2.52. The fraction of sp³-hybridized carbons (Fsp3) is 0.154. The van der Waals surface area contributed by atoms with Crippen LogP contribution in [-0.4, -0.2) is 17.6 Å². The molecule has 1 atom stereocenters. The largest absolute Gasteiger partial charge is 0.467 e. The number of hydrogen-bond donors (Lipinski definition) is 2. The van der Waals surface area contributed by atoms with Gasteiger partial charge in [-0.1, -0.05) is 17.7 Å². The van der Waals surface area contributed by atoms with Crippen LogP contribution in [0.4, 0.5) is 0 Å². The monoisotopic (exact) mass is 343 g/mol. The molecule has 0 aliphatic heterocycles. The predicted molar refractivity (Wildman–Crippen MR) is 75.2 cm³/mol. The van der Waals surface area contributed by atoms with Gasteiger partial charge in [-0.2, -0.15) is 0 Å². The smallest absolute Gasteiger partial charge is 0.252 e. The van der Waals surface area contributed by atoms with Gasteiger partial charge in [0, 0.05) is 4.47 Å². The van der Waals surface area contributed by atoms with Gasteiger partial charge in [-0.25, -0.2) is 0 Å². The Morgan fingerprint density at radius 2 is 2.21 bits per heavy atom. The van der Waals surface area contributed by atoms with E-state index in [1.54, 1.807) is 30.3 Å². The normalized spacial score (nSPS) is 12.2. The number of carbonyl (C=O) groups excluding carboxylic acids is 1. The first-order chi connectivity index (χ1) is 9.09. The molecule has 0 radical (unpaired) electrons. The molecule has 6 heteroatoms. The summed E-state index contributed by atoms with van der Waals surface area (Å²) in [7, 11) is 0. The zero-order valence-corrected chi connectivity index (χ0v) is 12.1. The highest BCUT2D eigenvalue weighted by Gasteiger charge is 2.15. The summed E-state index contributed by atoms with van der Waals surface area (Å²) in [5, 5.41) is 12.7. The molecule has 0 aliphatic rings. The maximum Gasteiger partial charge on any atom is 0.252 e. The van der Waals surface area contributed by atoms with Crippen LogP contribution in [0.25, 0.3) is 0 Å². The molecule has 2 rings (SSSR count). The Kier molecular flexibility index (Phi) is 4.63. The quantitative estimate of drug-likeness (QED) is 0.895. The van der Waals surface area contributed by atoms with E-state index in [0.29, 0.717) is 20.8 Å². The van der Waals surface area contributed by atoms with Crippen molar-refractivity contribution >= 4 is 33.4 Å². The highest BCUT2D eigenvalue weighted by atomic mass is 79.9. The van der Waals surface area contributed by atoms with Gasteiger partial charge in [0.25, 0.3) is 5.91 Å². The van der Waals surface area contributed by atoms with Gasteiger partial charge in [0.1, 0.15) is 11.9 Å². The van der Waals surface area contributed by atoms with Gasteiger partial charge in [-0.15, -0.1) is 0 Å². The van der Waals surface area contributed by atoms with Crippen molar-refractivity contribution in [3.05, 3.63) is 57.4 Å². The molecule has 19 heavy (non-hydrogen) atoms. The molecule has 1 aromatic heterocycles. The van der Waals surface area contributed by atoms with Gasteiger partial charge in [0.15, 0.2) is 0 Å². The second kappa shape index (κ2) is 6.23. The summed E-state index contributed by atoms with van der Waals surface area (Å²) >= 11 is 9.26. The number of rotatable bonds is 4. The maximum absolute atomic E-state index is 11.9. The molecular weight excluding hydrogens is 334 g/mol.